The molecule has 11 heteroatoms. The first kappa shape index (κ1) is 29.7. The molecule has 3 atom stereocenters. The number of benzene rings is 3. The smallest absolute Gasteiger partial charge is 0.261 e. The molecule has 2 heterocycles. The summed E-state index contributed by atoms with van der Waals surface area (Å²) in [5.74, 6) is 1.76. The molecular formula is C31H37N3O7S. The summed E-state index contributed by atoms with van der Waals surface area (Å²) in [6.07, 6.45) is -0.290. The Morgan fingerprint density at radius 1 is 1.05 bits per heavy atom. The highest BCUT2D eigenvalue weighted by Gasteiger charge is 2.31. The van der Waals surface area contributed by atoms with Gasteiger partial charge in [-0.2, -0.15) is 0 Å². The molecule has 0 fully saturated rings. The molecular weight excluding hydrogens is 558 g/mol. The summed E-state index contributed by atoms with van der Waals surface area (Å²) >= 11 is 0. The van der Waals surface area contributed by atoms with E-state index in [2.05, 4.69) is 9.62 Å². The summed E-state index contributed by atoms with van der Waals surface area (Å²) in [6.45, 7) is 5.52. The molecule has 2 N–H and O–H groups in total. The lowest BCUT2D eigenvalue weighted by Gasteiger charge is -2.34. The minimum absolute atomic E-state index is 0.00700. The number of carbonyl (C=O) groups is 1. The van der Waals surface area contributed by atoms with Crippen LogP contribution in [0.4, 0.5) is 5.69 Å². The Bertz CT molecular complexity index is 1520. The first-order chi connectivity index (χ1) is 20.1. The van der Waals surface area contributed by atoms with Gasteiger partial charge in [-0.3, -0.25) is 14.4 Å². The molecule has 1 amide bonds. The van der Waals surface area contributed by atoms with E-state index in [0.717, 1.165) is 17.1 Å². The number of rotatable bonds is 9. The third-order valence-electron chi connectivity index (χ3n) is 7.60. The predicted molar refractivity (Wildman–Crippen MR) is 158 cm³/mol. The predicted octanol–water partition coefficient (Wildman–Crippen LogP) is 3.50. The minimum Gasteiger partial charge on any atom is -0.488 e. The Morgan fingerprint density at radius 2 is 1.79 bits per heavy atom. The Morgan fingerprint density at radius 3 is 2.55 bits per heavy atom. The van der Waals surface area contributed by atoms with E-state index in [1.165, 1.54) is 12.1 Å². The standard InChI is InChI=1S/C31H37N3O7S/c1-21-16-34(22(2)19-35)31(36)15-24-14-25(32-42(37,38)26-7-5-4-6-8-26)10-12-27(24)41-30(21)18-33(3)17-23-9-11-28-29(13-23)40-20-39-28/h4-14,21-22,30,32,35H,15-20H2,1-3H3/t21-,22+,30-/m1/s1. The van der Waals surface area contributed by atoms with Gasteiger partial charge >= 0.3 is 0 Å². The Labute approximate surface area is 246 Å². The number of amides is 1. The van der Waals surface area contributed by atoms with E-state index in [9.17, 15) is 18.3 Å². The summed E-state index contributed by atoms with van der Waals surface area (Å²) in [6, 6.07) is 18.6. The van der Waals surface area contributed by atoms with E-state index in [4.69, 9.17) is 14.2 Å². The highest BCUT2D eigenvalue weighted by Crippen LogP contribution is 2.33. The normalized spacial score (nSPS) is 19.4. The SMILES string of the molecule is C[C@@H]1CN([C@@H](C)CO)C(=O)Cc2cc(NS(=O)(=O)c3ccccc3)ccc2O[C@@H]1CN(C)Cc1ccc2c(c1)OCO2. The van der Waals surface area contributed by atoms with Gasteiger partial charge in [-0.1, -0.05) is 31.2 Å². The summed E-state index contributed by atoms with van der Waals surface area (Å²) in [5.41, 5.74) is 1.97. The maximum absolute atomic E-state index is 13.5. The van der Waals surface area contributed by atoms with Crippen molar-refractivity contribution in [1.82, 2.24) is 9.80 Å². The van der Waals surface area contributed by atoms with Crippen molar-refractivity contribution in [2.24, 2.45) is 5.92 Å². The van der Waals surface area contributed by atoms with Gasteiger partial charge in [0.2, 0.25) is 12.7 Å². The number of hydrogen-bond acceptors (Lipinski definition) is 8. The Hall–Kier alpha value is -3.80. The second-order valence-electron chi connectivity index (χ2n) is 11.0. The third-order valence-corrected chi connectivity index (χ3v) is 9.00. The molecule has 0 bridgehead atoms. The Balaban J connectivity index is 1.40. The van der Waals surface area contributed by atoms with Crippen molar-refractivity contribution in [1.29, 1.82) is 0 Å². The van der Waals surface area contributed by atoms with Crippen LogP contribution in [0.15, 0.2) is 71.6 Å². The fourth-order valence-corrected chi connectivity index (χ4v) is 6.32. The molecule has 3 aromatic carbocycles. The number of aliphatic hydroxyl groups excluding tert-OH is 1. The van der Waals surface area contributed by atoms with Crippen LogP contribution in [0.25, 0.3) is 0 Å². The fraction of sp³-hybridized carbons (Fsp3) is 0.387. The number of hydrogen-bond donors (Lipinski definition) is 2. The van der Waals surface area contributed by atoms with Gasteiger partial charge in [-0.25, -0.2) is 8.42 Å². The van der Waals surface area contributed by atoms with Crippen LogP contribution in [-0.4, -0.2) is 74.9 Å². The van der Waals surface area contributed by atoms with Crippen LogP contribution in [0, 0.1) is 5.92 Å². The van der Waals surface area contributed by atoms with Crippen molar-refractivity contribution in [3.05, 3.63) is 77.9 Å². The van der Waals surface area contributed by atoms with Crippen molar-refractivity contribution in [2.45, 2.75) is 43.9 Å². The highest BCUT2D eigenvalue weighted by atomic mass is 32.2. The van der Waals surface area contributed by atoms with Crippen LogP contribution in [0.2, 0.25) is 0 Å². The number of aliphatic hydroxyl groups is 1. The van der Waals surface area contributed by atoms with Gasteiger partial charge in [0.25, 0.3) is 10.0 Å². The molecule has 0 spiro atoms. The van der Waals surface area contributed by atoms with Crippen LogP contribution in [0.3, 0.4) is 0 Å². The number of anilines is 1. The van der Waals surface area contributed by atoms with E-state index < -0.39 is 10.0 Å². The maximum atomic E-state index is 13.5. The number of nitrogens with one attached hydrogen (secondary N) is 1. The largest absolute Gasteiger partial charge is 0.488 e. The quantitative estimate of drug-likeness (QED) is 0.386. The van der Waals surface area contributed by atoms with E-state index in [1.807, 2.05) is 39.1 Å². The molecule has 0 saturated carbocycles. The summed E-state index contributed by atoms with van der Waals surface area (Å²) < 4.78 is 46.1. The van der Waals surface area contributed by atoms with Crippen molar-refractivity contribution in [2.75, 3.05) is 38.3 Å². The third kappa shape index (κ3) is 6.80. The molecule has 2 aliphatic heterocycles. The molecule has 10 nitrogen and oxygen atoms in total. The molecule has 2 aliphatic rings. The molecule has 0 radical (unpaired) electrons. The monoisotopic (exact) mass is 595 g/mol. The van der Waals surface area contributed by atoms with Crippen molar-refractivity contribution in [3.8, 4) is 17.2 Å². The van der Waals surface area contributed by atoms with Crippen LogP contribution in [0.5, 0.6) is 17.2 Å². The van der Waals surface area contributed by atoms with E-state index in [0.29, 0.717) is 36.6 Å². The number of carbonyl (C=O) groups excluding carboxylic acids is 1. The Kier molecular flexibility index (Phi) is 8.91. The van der Waals surface area contributed by atoms with Crippen molar-refractivity contribution in [3.63, 3.8) is 0 Å². The van der Waals surface area contributed by atoms with E-state index in [-0.39, 0.29) is 48.7 Å². The van der Waals surface area contributed by atoms with Gasteiger partial charge in [0.05, 0.1) is 24.0 Å². The van der Waals surface area contributed by atoms with Crippen molar-refractivity contribution >= 4 is 21.6 Å². The molecule has 5 rings (SSSR count). The lowest BCUT2D eigenvalue weighted by Crippen LogP contribution is -2.47. The second kappa shape index (κ2) is 12.6. The van der Waals surface area contributed by atoms with Gasteiger partial charge in [0.15, 0.2) is 11.5 Å². The molecule has 224 valence electrons. The summed E-state index contributed by atoms with van der Waals surface area (Å²) in [7, 11) is -1.81. The van der Waals surface area contributed by atoms with Crippen LogP contribution in [0.1, 0.15) is 25.0 Å². The fourth-order valence-electron chi connectivity index (χ4n) is 5.25. The molecule has 42 heavy (non-hydrogen) atoms. The first-order valence-corrected chi connectivity index (χ1v) is 15.5. The lowest BCUT2D eigenvalue weighted by atomic mass is 10.0. The first-order valence-electron chi connectivity index (χ1n) is 14.0. The average Bonchev–Trinajstić information content (AvgIpc) is 3.45. The average molecular weight is 596 g/mol. The van der Waals surface area contributed by atoms with Crippen LogP contribution in [-0.2, 0) is 27.8 Å². The van der Waals surface area contributed by atoms with Gasteiger partial charge in [-0.05, 0) is 62.0 Å². The number of sulfonamides is 1. The topological polar surface area (TPSA) is 118 Å². The zero-order valence-electron chi connectivity index (χ0n) is 24.0. The number of ether oxygens (including phenoxy) is 3. The van der Waals surface area contributed by atoms with Gasteiger partial charge in [0.1, 0.15) is 11.9 Å². The van der Waals surface area contributed by atoms with Gasteiger partial charge in [-0.15, -0.1) is 0 Å². The van der Waals surface area contributed by atoms with Crippen molar-refractivity contribution < 1.29 is 32.5 Å². The molecule has 0 aliphatic carbocycles. The molecule has 3 aromatic rings. The highest BCUT2D eigenvalue weighted by molar-refractivity contribution is 7.92. The second-order valence-corrected chi connectivity index (χ2v) is 12.7. The van der Waals surface area contributed by atoms with E-state index in [1.54, 1.807) is 41.3 Å². The van der Waals surface area contributed by atoms with Gasteiger partial charge in [0, 0.05) is 36.8 Å². The molecule has 0 aromatic heterocycles. The zero-order valence-corrected chi connectivity index (χ0v) is 24.8. The summed E-state index contributed by atoms with van der Waals surface area (Å²) in [5, 5.41) is 9.91. The zero-order chi connectivity index (χ0) is 29.9. The van der Waals surface area contributed by atoms with Gasteiger partial charge < -0.3 is 24.2 Å². The number of fused-ring (bicyclic) bond motifs is 2. The van der Waals surface area contributed by atoms with E-state index >= 15 is 0 Å². The number of likely N-dealkylation sites (N-methyl/N-ethyl adjacent to an activating group) is 1. The molecule has 0 unspecified atom stereocenters. The maximum Gasteiger partial charge on any atom is 0.261 e. The van der Waals surface area contributed by atoms with Crippen LogP contribution < -0.4 is 18.9 Å². The molecule has 0 saturated heterocycles. The lowest BCUT2D eigenvalue weighted by molar-refractivity contribution is -0.134. The van der Waals surface area contributed by atoms with Crippen LogP contribution >= 0.6 is 0 Å². The summed E-state index contributed by atoms with van der Waals surface area (Å²) in [4.78, 5) is 17.5. The minimum atomic E-state index is -3.82. The number of nitrogens with zero attached hydrogens (tertiary/aromatic N) is 2.